The molecular formula is C55H72Cl5F3N9O12P. The van der Waals surface area contributed by atoms with Gasteiger partial charge in [0, 0.05) is 44.2 Å². The van der Waals surface area contributed by atoms with E-state index in [1.807, 2.05) is 84.9 Å². The summed E-state index contributed by atoms with van der Waals surface area (Å²) in [6, 6.07) is 18.7. The second-order valence-corrected chi connectivity index (χ2v) is 24.2. The summed E-state index contributed by atoms with van der Waals surface area (Å²) in [6.45, 7) is 20.7. The lowest BCUT2D eigenvalue weighted by atomic mass is 10.0. The van der Waals surface area contributed by atoms with Gasteiger partial charge in [0.15, 0.2) is 12.2 Å². The van der Waals surface area contributed by atoms with Crippen molar-refractivity contribution >= 4 is 112 Å². The number of fused-ring (bicyclic) bond motifs is 1. The van der Waals surface area contributed by atoms with Crippen molar-refractivity contribution in [2.75, 3.05) is 72.6 Å². The molecule has 6 rings (SSSR count). The molecule has 21 nitrogen and oxygen atoms in total. The number of hydrogen-bond donors (Lipinski definition) is 5. The van der Waals surface area contributed by atoms with Gasteiger partial charge < -0.3 is 55.1 Å². The van der Waals surface area contributed by atoms with Gasteiger partial charge >= 0.3 is 17.8 Å². The van der Waals surface area contributed by atoms with Gasteiger partial charge in [-0.1, -0.05) is 72.1 Å². The largest absolute Gasteiger partial charge is 0.489 e. The molecule has 0 fully saturated rings. The van der Waals surface area contributed by atoms with Crippen molar-refractivity contribution in [3.8, 4) is 23.0 Å². The number of para-hydroxylation sites is 3. The minimum atomic E-state index is -4.52. The minimum absolute atomic E-state index is 0.0111. The number of carboxylic acid groups (broad SMARTS) is 1. The number of nitrogens with two attached hydrogens (primary N) is 1. The first-order valence-electron chi connectivity index (χ1n) is 26.1. The summed E-state index contributed by atoms with van der Waals surface area (Å²) in [4.78, 5) is 67.7. The van der Waals surface area contributed by atoms with E-state index >= 15 is 0 Å². The first-order valence-corrected chi connectivity index (χ1v) is 30.5. The van der Waals surface area contributed by atoms with Crippen LogP contribution in [-0.2, 0) is 36.3 Å². The van der Waals surface area contributed by atoms with E-state index in [1.54, 1.807) is 23.8 Å². The molecule has 85 heavy (non-hydrogen) atoms. The highest BCUT2D eigenvalue weighted by molar-refractivity contribution is 7.57. The number of anilines is 4. The Morgan fingerprint density at radius 1 is 0.988 bits per heavy atom. The zero-order valence-corrected chi connectivity index (χ0v) is 53.4. The highest BCUT2D eigenvalue weighted by Gasteiger charge is 2.33. The van der Waals surface area contributed by atoms with Crippen LogP contribution in [0.15, 0.2) is 78.9 Å². The topological polar surface area (TPSA) is 284 Å². The Kier molecular flexibility index (Phi) is 31.5. The number of aromatic nitrogens is 3. The zero-order chi connectivity index (χ0) is 64.6. The molecule has 4 unspecified atom stereocenters. The number of carbonyl (C=O) groups is 3. The van der Waals surface area contributed by atoms with Crippen LogP contribution in [0.25, 0.3) is 0 Å². The number of halogens is 8. The van der Waals surface area contributed by atoms with Crippen LogP contribution in [0.1, 0.15) is 78.5 Å². The molecule has 0 bridgehead atoms. The van der Waals surface area contributed by atoms with E-state index in [0.29, 0.717) is 30.9 Å². The standard InChI is InChI=1S/C15H11ClF3NO4.C15H22ClNO2.C11H11Cl2NO2.C9H16ClN5.C5H12NO4P/c1-2-23-14-8-10(4-5-12(14)20(21)22)24-13-6-3-9(7-11(13)16)15(17,18)19;1-5-13-8-6-7-11(2)15(13)17(14(18)9-16)12(3)10-19-4;1-7-6-16-9-5-3-2-4-8(9)14(7)11(15)10(12)13;1-5-11-7-12-6(10)13-8(14-7)15-9(2,3)4;1-11(9,10)3-2-4(6)5(7)8/h3-8H,2H2,1H3;6-8,12H,5,9-10H2,1-4H3;2-5,7,10H,6H2,1H3;5H2,1-4H3,(H2,11,12,13,14,15);4H,2-3,6H2,1H3,(H,7,8)(H,9,10). The number of carbonyl (C=O) groups excluding carboxylic acids is 2. The van der Waals surface area contributed by atoms with Gasteiger partial charge in [-0.25, -0.2) is 0 Å². The number of ether oxygens (including phenoxy) is 4. The van der Waals surface area contributed by atoms with Gasteiger partial charge in [0.25, 0.3) is 5.91 Å². The monoisotopic (exact) mass is 1310 g/mol. The van der Waals surface area contributed by atoms with E-state index in [9.17, 15) is 42.2 Å². The smallest absolute Gasteiger partial charge is 0.416 e. The Bertz CT molecular complexity index is 3040. The molecule has 5 aromatic rings. The van der Waals surface area contributed by atoms with Crippen LogP contribution in [0.4, 0.5) is 42.1 Å². The lowest BCUT2D eigenvalue weighted by Gasteiger charge is -2.35. The van der Waals surface area contributed by atoms with Crippen LogP contribution >= 0.6 is 65.4 Å². The van der Waals surface area contributed by atoms with Crippen molar-refractivity contribution in [3.63, 3.8) is 0 Å². The predicted octanol–water partition coefficient (Wildman–Crippen LogP) is 13.1. The van der Waals surface area contributed by atoms with Crippen LogP contribution in [-0.4, -0.2) is 128 Å². The van der Waals surface area contributed by atoms with Gasteiger partial charge in [-0.2, -0.15) is 28.1 Å². The lowest BCUT2D eigenvalue weighted by Crippen LogP contribution is -2.47. The number of nitro benzene ring substituents is 1. The zero-order valence-electron chi connectivity index (χ0n) is 48.7. The molecule has 0 spiro atoms. The lowest BCUT2D eigenvalue weighted by molar-refractivity contribution is -0.385. The van der Waals surface area contributed by atoms with Gasteiger partial charge in [-0.05, 0) is 127 Å². The normalized spacial score (nSPS) is 14.0. The van der Waals surface area contributed by atoms with E-state index in [2.05, 4.69) is 38.6 Å². The Morgan fingerprint density at radius 3 is 2.16 bits per heavy atom. The van der Waals surface area contributed by atoms with Gasteiger partial charge in [0.2, 0.25) is 28.8 Å². The Balaban J connectivity index is 0.000000371. The van der Waals surface area contributed by atoms with Crippen molar-refractivity contribution in [1.82, 2.24) is 15.0 Å². The van der Waals surface area contributed by atoms with Gasteiger partial charge in [-0.3, -0.25) is 29.1 Å². The molecule has 30 heteroatoms. The molecule has 4 atom stereocenters. The number of methoxy groups -OCH3 is 1. The number of benzene rings is 4. The predicted molar refractivity (Wildman–Crippen MR) is 328 cm³/mol. The molecule has 0 radical (unpaired) electrons. The van der Waals surface area contributed by atoms with Gasteiger partial charge in [-0.15, -0.1) is 11.6 Å². The van der Waals surface area contributed by atoms with Gasteiger partial charge in [0.1, 0.15) is 35.8 Å². The fraction of sp³-hybridized carbons (Fsp3) is 0.455. The SMILES string of the molecule is CC1COc2ccccc2N1C(=O)C(Cl)Cl.CCNc1nc(Cl)nc(NC(C)(C)C)n1.CCOc1cc(Oc2ccc(C(F)(F)F)cc2Cl)ccc1[N+](=O)[O-].CCc1cccc(C)c1N(C(=O)CCl)C(C)COC.CP(=O)(O)CCC(N)C(=O)O. The minimum Gasteiger partial charge on any atom is -0.489 e. The third-order valence-corrected chi connectivity index (χ3v) is 13.3. The van der Waals surface area contributed by atoms with Crippen molar-refractivity contribution in [1.29, 1.82) is 0 Å². The molecule has 1 aromatic heterocycles. The number of nitrogens with one attached hydrogen (secondary N) is 2. The van der Waals surface area contributed by atoms with Crippen molar-refractivity contribution in [3.05, 3.63) is 116 Å². The van der Waals surface area contributed by atoms with E-state index in [1.165, 1.54) is 24.9 Å². The summed E-state index contributed by atoms with van der Waals surface area (Å²) < 4.78 is 69.7. The van der Waals surface area contributed by atoms with Crippen LogP contribution in [0.2, 0.25) is 10.3 Å². The maximum Gasteiger partial charge on any atom is 0.416 e. The molecular weight excluding hydrogens is 1240 g/mol. The quantitative estimate of drug-likeness (QED) is 0.0222. The van der Waals surface area contributed by atoms with Crippen molar-refractivity contribution in [2.24, 2.45) is 5.73 Å². The summed E-state index contributed by atoms with van der Waals surface area (Å²) in [6.07, 6.45) is -3.64. The molecule has 1 aliphatic rings. The molecule has 0 saturated heterocycles. The summed E-state index contributed by atoms with van der Waals surface area (Å²) in [5.74, 6) is 0.214. The Morgan fingerprint density at radius 2 is 1.64 bits per heavy atom. The molecule has 470 valence electrons. The van der Waals surface area contributed by atoms with Crippen LogP contribution in [0.5, 0.6) is 23.0 Å². The maximum absolute atomic E-state index is 12.6. The highest BCUT2D eigenvalue weighted by atomic mass is 35.5. The number of rotatable bonds is 19. The molecule has 2 amide bonds. The molecule has 0 saturated carbocycles. The maximum atomic E-state index is 12.6. The summed E-state index contributed by atoms with van der Waals surface area (Å²) >= 11 is 28.6. The molecule has 0 aliphatic carbocycles. The molecule has 2 heterocycles. The number of hydrogen-bond acceptors (Lipinski definition) is 16. The number of nitro groups is 1. The average molecular weight is 1320 g/mol. The average Bonchev–Trinajstić information content (AvgIpc) is 2.93. The number of nitrogens with zero attached hydrogens (tertiary/aromatic N) is 6. The third-order valence-electron chi connectivity index (χ3n) is 11.2. The van der Waals surface area contributed by atoms with E-state index in [4.69, 9.17) is 92.7 Å². The number of carboxylic acids is 1. The van der Waals surface area contributed by atoms with E-state index in [-0.39, 0.29) is 87.7 Å². The van der Waals surface area contributed by atoms with Crippen LogP contribution < -0.4 is 40.4 Å². The number of aliphatic carboxylic acids is 1. The fourth-order valence-electron chi connectivity index (χ4n) is 7.41. The highest BCUT2D eigenvalue weighted by Crippen LogP contribution is 2.40. The second-order valence-electron chi connectivity index (χ2n) is 19.5. The second kappa shape index (κ2) is 35.6. The number of aryl methyl sites for hydroxylation is 2. The molecule has 1 aliphatic heterocycles. The van der Waals surface area contributed by atoms with Gasteiger partial charge in [0.05, 0.1) is 52.2 Å². The van der Waals surface area contributed by atoms with E-state index in [0.717, 1.165) is 53.7 Å². The fourth-order valence-corrected chi connectivity index (χ4v) is 8.89. The Labute approximate surface area is 517 Å². The van der Waals surface area contributed by atoms with E-state index < -0.39 is 40.9 Å². The Hall–Kier alpha value is -5.95. The first-order chi connectivity index (χ1) is 39.6. The van der Waals surface area contributed by atoms with Crippen molar-refractivity contribution < 1.29 is 66.0 Å². The molecule has 6 N–H and O–H groups in total. The number of alkyl halides is 6. The summed E-state index contributed by atoms with van der Waals surface area (Å²) in [5, 5.41) is 25.3. The number of amides is 2. The first kappa shape index (κ1) is 75.1. The van der Waals surface area contributed by atoms with Crippen molar-refractivity contribution in [2.45, 2.75) is 110 Å². The third kappa shape index (κ3) is 25.9. The molecule has 4 aromatic carbocycles. The van der Waals surface area contributed by atoms with Crippen LogP contribution in [0, 0.1) is 17.0 Å². The van der Waals surface area contributed by atoms with Crippen LogP contribution in [0.3, 0.4) is 0 Å². The summed E-state index contributed by atoms with van der Waals surface area (Å²) in [7, 11) is -1.47. The summed E-state index contributed by atoms with van der Waals surface area (Å²) in [5.41, 5.74) is 7.77.